The van der Waals surface area contributed by atoms with Crippen molar-refractivity contribution in [1.82, 2.24) is 5.32 Å². The van der Waals surface area contributed by atoms with E-state index in [1.165, 1.54) is 0 Å². The molecule has 0 aliphatic heterocycles. The molecule has 0 bridgehead atoms. The quantitative estimate of drug-likeness (QED) is 0.394. The molecule has 0 heterocycles. The van der Waals surface area contributed by atoms with Crippen LogP contribution in [0, 0.1) is 4.91 Å². The second kappa shape index (κ2) is 5.53. The topological polar surface area (TPSA) is 95.8 Å². The number of carbonyl (C=O) groups is 2. The molecule has 0 aliphatic rings. The lowest BCUT2D eigenvalue weighted by atomic mass is 10.3. The molecule has 0 aromatic heterocycles. The van der Waals surface area contributed by atoms with E-state index in [-0.39, 0.29) is 5.75 Å². The number of nitrogens with zero attached hydrogens (tertiary/aromatic N) is 1. The van der Waals surface area contributed by atoms with Crippen LogP contribution >= 0.6 is 12.6 Å². The fraction of sp³-hybridized carbons (Fsp3) is 0.600. The second-order valence-corrected chi connectivity index (χ2v) is 2.29. The molecule has 7 heteroatoms. The molecule has 0 aromatic rings. The maximum Gasteiger partial charge on any atom is 0.327 e. The number of hydrogen-bond donors (Lipinski definition) is 3. The molecule has 0 fully saturated rings. The zero-order valence-electron chi connectivity index (χ0n) is 6.06. The highest BCUT2D eigenvalue weighted by atomic mass is 32.1. The van der Waals surface area contributed by atoms with Crippen LogP contribution < -0.4 is 5.32 Å². The number of carbonyl (C=O) groups excluding carboxylic acids is 1. The lowest BCUT2D eigenvalue weighted by Crippen LogP contribution is -2.43. The summed E-state index contributed by atoms with van der Waals surface area (Å²) in [5.74, 6) is -1.93. The number of thiol groups is 1. The van der Waals surface area contributed by atoms with E-state index in [0.717, 1.165) is 0 Å². The van der Waals surface area contributed by atoms with E-state index in [4.69, 9.17) is 5.11 Å². The van der Waals surface area contributed by atoms with Crippen LogP contribution in [0.2, 0.25) is 0 Å². The van der Waals surface area contributed by atoms with Crippen LogP contribution in [0.25, 0.3) is 0 Å². The van der Waals surface area contributed by atoms with Gasteiger partial charge < -0.3 is 10.4 Å². The highest BCUT2D eigenvalue weighted by molar-refractivity contribution is 7.80. The normalized spacial score (nSPS) is 11.8. The lowest BCUT2D eigenvalue weighted by Gasteiger charge is -2.09. The average molecular weight is 192 g/mol. The fourth-order valence-corrected chi connectivity index (χ4v) is 0.732. The van der Waals surface area contributed by atoms with Crippen LogP contribution in [0.15, 0.2) is 5.18 Å². The number of nitroso groups, excluding NO2 is 1. The summed E-state index contributed by atoms with van der Waals surface area (Å²) in [7, 11) is 0. The number of amides is 1. The molecule has 6 nitrogen and oxygen atoms in total. The number of aliphatic carboxylic acids is 1. The molecular weight excluding hydrogens is 184 g/mol. The Balaban J connectivity index is 3.93. The Kier molecular flexibility index (Phi) is 5.02. The zero-order valence-corrected chi connectivity index (χ0v) is 6.95. The molecule has 0 radical (unpaired) electrons. The molecule has 2 N–H and O–H groups in total. The minimum Gasteiger partial charge on any atom is -0.480 e. The van der Waals surface area contributed by atoms with Crippen molar-refractivity contribution in [3.63, 3.8) is 0 Å². The summed E-state index contributed by atoms with van der Waals surface area (Å²) in [6.45, 7) is -0.572. The van der Waals surface area contributed by atoms with Crippen molar-refractivity contribution >= 4 is 24.5 Å². The maximum absolute atomic E-state index is 10.6. The first-order valence-corrected chi connectivity index (χ1v) is 3.67. The molecule has 12 heavy (non-hydrogen) atoms. The van der Waals surface area contributed by atoms with Crippen LogP contribution in [0.3, 0.4) is 0 Å². The van der Waals surface area contributed by atoms with Crippen LogP contribution in [0.4, 0.5) is 0 Å². The third-order valence-electron chi connectivity index (χ3n) is 1.02. The largest absolute Gasteiger partial charge is 0.480 e. The molecule has 0 aromatic carbocycles. The summed E-state index contributed by atoms with van der Waals surface area (Å²) in [4.78, 5) is 30.5. The Hall–Kier alpha value is -1.11. The lowest BCUT2D eigenvalue weighted by molar-refractivity contribution is -0.140. The highest BCUT2D eigenvalue weighted by Crippen LogP contribution is 1.88. The standard InChI is InChI=1S/C5H8N2O4S/c8-4(1-6-11)7-3(2-12)5(9)10/h3,12H,1-2H2,(H,7,8)(H,9,10)/t3-/m1/s1. The van der Waals surface area contributed by atoms with E-state index >= 15 is 0 Å². The summed E-state index contributed by atoms with van der Waals surface area (Å²) in [5.41, 5.74) is 0. The van der Waals surface area contributed by atoms with E-state index in [2.05, 4.69) is 23.1 Å². The number of carboxylic acid groups (broad SMARTS) is 1. The van der Waals surface area contributed by atoms with Gasteiger partial charge in [0.15, 0.2) is 6.54 Å². The third-order valence-corrected chi connectivity index (χ3v) is 1.39. The Morgan fingerprint density at radius 2 is 2.17 bits per heavy atom. The van der Waals surface area contributed by atoms with Gasteiger partial charge in [0.05, 0.1) is 0 Å². The van der Waals surface area contributed by atoms with Crippen molar-refractivity contribution in [1.29, 1.82) is 0 Å². The maximum atomic E-state index is 10.6. The van der Waals surface area contributed by atoms with E-state index in [1.807, 2.05) is 0 Å². The molecule has 0 spiro atoms. The van der Waals surface area contributed by atoms with E-state index < -0.39 is 24.5 Å². The van der Waals surface area contributed by atoms with Gasteiger partial charge in [0.2, 0.25) is 5.91 Å². The van der Waals surface area contributed by atoms with Gasteiger partial charge in [-0.05, 0) is 0 Å². The summed E-state index contributed by atoms with van der Waals surface area (Å²) in [6, 6.07) is -1.07. The Labute approximate surface area is 73.7 Å². The molecule has 68 valence electrons. The first kappa shape index (κ1) is 10.9. The highest BCUT2D eigenvalue weighted by Gasteiger charge is 2.17. The molecular formula is C5H8N2O4S. The first-order valence-electron chi connectivity index (χ1n) is 3.04. The van der Waals surface area contributed by atoms with Crippen molar-refractivity contribution in [3.8, 4) is 0 Å². The van der Waals surface area contributed by atoms with Crippen LogP contribution in [0.5, 0.6) is 0 Å². The first-order chi connectivity index (χ1) is 5.61. The van der Waals surface area contributed by atoms with Gasteiger partial charge >= 0.3 is 5.97 Å². The second-order valence-electron chi connectivity index (χ2n) is 1.93. The van der Waals surface area contributed by atoms with E-state index in [0.29, 0.717) is 0 Å². The molecule has 1 atom stereocenters. The average Bonchev–Trinajstić information content (AvgIpc) is 2.00. The van der Waals surface area contributed by atoms with Gasteiger partial charge in [-0.3, -0.25) is 4.79 Å². The predicted octanol–water partition coefficient (Wildman–Crippen LogP) is -0.748. The van der Waals surface area contributed by atoms with Crippen molar-refractivity contribution in [3.05, 3.63) is 4.91 Å². The van der Waals surface area contributed by atoms with Gasteiger partial charge in [-0.15, -0.1) is 0 Å². The summed E-state index contributed by atoms with van der Waals surface area (Å²) in [5, 5.41) is 12.8. The number of hydrogen-bond acceptors (Lipinski definition) is 5. The molecule has 0 rings (SSSR count). The molecule has 0 saturated heterocycles. The van der Waals surface area contributed by atoms with Crippen LogP contribution in [-0.2, 0) is 9.59 Å². The van der Waals surface area contributed by atoms with Gasteiger partial charge in [0, 0.05) is 5.75 Å². The minimum atomic E-state index is -1.19. The Morgan fingerprint density at radius 3 is 2.50 bits per heavy atom. The van der Waals surface area contributed by atoms with Crippen molar-refractivity contribution in [2.24, 2.45) is 5.18 Å². The molecule has 0 unspecified atom stereocenters. The van der Waals surface area contributed by atoms with Gasteiger partial charge in [-0.25, -0.2) is 4.79 Å². The fourth-order valence-electron chi connectivity index (χ4n) is 0.484. The van der Waals surface area contributed by atoms with Crippen LogP contribution in [-0.4, -0.2) is 35.3 Å². The van der Waals surface area contributed by atoms with Crippen molar-refractivity contribution in [2.45, 2.75) is 6.04 Å². The zero-order chi connectivity index (χ0) is 9.56. The van der Waals surface area contributed by atoms with Crippen molar-refractivity contribution in [2.75, 3.05) is 12.3 Å². The van der Waals surface area contributed by atoms with Crippen LogP contribution in [0.1, 0.15) is 0 Å². The van der Waals surface area contributed by atoms with Gasteiger partial charge in [-0.1, -0.05) is 5.18 Å². The summed E-state index contributed by atoms with van der Waals surface area (Å²) < 4.78 is 0. The number of nitrogens with one attached hydrogen (secondary N) is 1. The predicted molar refractivity (Wildman–Crippen MR) is 44.1 cm³/mol. The molecule has 0 aliphatic carbocycles. The SMILES string of the molecule is O=NCC(=O)N[C@H](CS)C(=O)O. The monoisotopic (exact) mass is 192 g/mol. The number of rotatable bonds is 5. The van der Waals surface area contributed by atoms with E-state index in [1.54, 1.807) is 0 Å². The number of carboxylic acids is 1. The minimum absolute atomic E-state index is 0.0278. The van der Waals surface area contributed by atoms with E-state index in [9.17, 15) is 14.5 Å². The smallest absolute Gasteiger partial charge is 0.327 e. The summed E-state index contributed by atoms with van der Waals surface area (Å²) >= 11 is 3.69. The Morgan fingerprint density at radius 1 is 1.58 bits per heavy atom. The Bertz CT molecular complexity index is 196. The van der Waals surface area contributed by atoms with Gasteiger partial charge in [0.1, 0.15) is 6.04 Å². The van der Waals surface area contributed by atoms with Gasteiger partial charge in [-0.2, -0.15) is 17.5 Å². The molecule has 1 amide bonds. The van der Waals surface area contributed by atoms with Crippen molar-refractivity contribution < 1.29 is 14.7 Å². The van der Waals surface area contributed by atoms with Gasteiger partial charge in [0.25, 0.3) is 0 Å². The summed E-state index contributed by atoms with van der Waals surface area (Å²) in [6.07, 6.45) is 0. The molecule has 0 saturated carbocycles. The third kappa shape index (κ3) is 3.91.